The summed E-state index contributed by atoms with van der Waals surface area (Å²) in [6.45, 7) is 8.75. The fraction of sp³-hybridized carbons (Fsp3) is 0.692. The maximum Gasteiger partial charge on any atom is 0.293 e. The smallest absolute Gasteiger partial charge is 0.293 e. The van der Waals surface area contributed by atoms with Crippen LogP contribution in [0.1, 0.15) is 34.1 Å². The molecule has 0 unspecified atom stereocenters. The summed E-state index contributed by atoms with van der Waals surface area (Å²) >= 11 is 0. The zero-order valence-electron chi connectivity index (χ0n) is 11.6. The lowest BCUT2D eigenvalue weighted by Gasteiger charge is -2.25. The van der Waals surface area contributed by atoms with Crippen LogP contribution < -0.4 is 10.9 Å². The molecular formula is C13H23N3O2. The zero-order chi connectivity index (χ0) is 13.8. The Kier molecular flexibility index (Phi) is 4.90. The summed E-state index contributed by atoms with van der Waals surface area (Å²) in [6, 6.07) is 0. The Hall–Kier alpha value is -1.36. The van der Waals surface area contributed by atoms with Crippen molar-refractivity contribution in [1.82, 2.24) is 9.55 Å². The Balaban J connectivity index is 2.94. The van der Waals surface area contributed by atoms with Gasteiger partial charge in [0.05, 0.1) is 0 Å². The Morgan fingerprint density at radius 2 is 2.17 bits per heavy atom. The molecule has 0 spiro atoms. The fourth-order valence-corrected chi connectivity index (χ4v) is 1.73. The van der Waals surface area contributed by atoms with Gasteiger partial charge in [-0.25, -0.2) is 4.98 Å². The van der Waals surface area contributed by atoms with Crippen LogP contribution in [0.15, 0.2) is 17.2 Å². The maximum atomic E-state index is 12.2. The highest BCUT2D eigenvalue weighted by molar-refractivity contribution is 5.34. The van der Waals surface area contributed by atoms with Crippen LogP contribution in [0.5, 0.6) is 0 Å². The van der Waals surface area contributed by atoms with E-state index in [0.717, 1.165) is 0 Å². The highest BCUT2D eigenvalue weighted by Crippen LogP contribution is 2.13. The van der Waals surface area contributed by atoms with Crippen LogP contribution in [0.3, 0.4) is 0 Å². The van der Waals surface area contributed by atoms with Crippen LogP contribution in [0, 0.1) is 5.92 Å². The van der Waals surface area contributed by atoms with Gasteiger partial charge in [-0.05, 0) is 26.2 Å². The van der Waals surface area contributed by atoms with Gasteiger partial charge in [-0.1, -0.05) is 13.8 Å². The molecule has 0 amide bonds. The minimum absolute atomic E-state index is 0.0764. The SMILES string of the molecule is CC(C)Cn1ccnc(NC(C)(C)CCO)c1=O. The summed E-state index contributed by atoms with van der Waals surface area (Å²) in [5, 5.41) is 12.1. The molecule has 0 atom stereocenters. The average molecular weight is 253 g/mol. The van der Waals surface area contributed by atoms with E-state index in [2.05, 4.69) is 24.1 Å². The molecule has 0 saturated carbocycles. The van der Waals surface area contributed by atoms with Crippen molar-refractivity contribution in [3.63, 3.8) is 0 Å². The Labute approximate surface area is 108 Å². The number of hydrogen-bond donors (Lipinski definition) is 2. The first-order chi connectivity index (χ1) is 8.35. The van der Waals surface area contributed by atoms with Crippen molar-refractivity contribution in [2.75, 3.05) is 11.9 Å². The largest absolute Gasteiger partial charge is 0.396 e. The molecule has 0 radical (unpaired) electrons. The van der Waals surface area contributed by atoms with Crippen LogP contribution in [-0.4, -0.2) is 26.8 Å². The standard InChI is InChI=1S/C13H23N3O2/c1-10(2)9-16-7-6-14-11(12(16)18)15-13(3,4)5-8-17/h6-7,10,17H,5,8-9H2,1-4H3,(H,14,15). The topological polar surface area (TPSA) is 67.2 Å². The van der Waals surface area contributed by atoms with Crippen LogP contribution in [0.4, 0.5) is 5.82 Å². The number of nitrogens with zero attached hydrogens (tertiary/aromatic N) is 2. The van der Waals surface area contributed by atoms with Crippen molar-refractivity contribution >= 4 is 5.82 Å². The second kappa shape index (κ2) is 6.00. The van der Waals surface area contributed by atoms with Gasteiger partial charge in [0.1, 0.15) is 0 Å². The van der Waals surface area contributed by atoms with Crippen LogP contribution in [0.25, 0.3) is 0 Å². The van der Waals surface area contributed by atoms with Crippen LogP contribution in [-0.2, 0) is 6.54 Å². The van der Waals surface area contributed by atoms with Crippen molar-refractivity contribution in [3.8, 4) is 0 Å². The molecule has 0 saturated heterocycles. The number of anilines is 1. The third-order valence-corrected chi connectivity index (χ3v) is 2.67. The molecular weight excluding hydrogens is 230 g/mol. The first-order valence-electron chi connectivity index (χ1n) is 6.30. The molecule has 0 aromatic carbocycles. The predicted octanol–water partition coefficient (Wildman–Crippen LogP) is 1.47. The summed E-state index contributed by atoms with van der Waals surface area (Å²) in [7, 11) is 0. The Morgan fingerprint density at radius 1 is 1.50 bits per heavy atom. The lowest BCUT2D eigenvalue weighted by Crippen LogP contribution is -2.37. The molecule has 1 aromatic rings. The van der Waals surface area contributed by atoms with E-state index < -0.39 is 0 Å². The molecule has 0 aliphatic rings. The third-order valence-electron chi connectivity index (χ3n) is 2.67. The molecule has 0 aliphatic heterocycles. The van der Waals surface area contributed by atoms with Crippen molar-refractivity contribution < 1.29 is 5.11 Å². The molecule has 1 rings (SSSR count). The molecule has 1 heterocycles. The predicted molar refractivity (Wildman–Crippen MR) is 72.7 cm³/mol. The van der Waals surface area contributed by atoms with E-state index in [1.54, 1.807) is 17.0 Å². The van der Waals surface area contributed by atoms with Gasteiger partial charge in [0.25, 0.3) is 5.56 Å². The average Bonchev–Trinajstić information content (AvgIpc) is 2.23. The van der Waals surface area contributed by atoms with E-state index in [-0.39, 0.29) is 17.7 Å². The molecule has 102 valence electrons. The van der Waals surface area contributed by atoms with Gasteiger partial charge < -0.3 is 15.0 Å². The number of aromatic nitrogens is 2. The fourth-order valence-electron chi connectivity index (χ4n) is 1.73. The van der Waals surface area contributed by atoms with Gasteiger partial charge in [-0.15, -0.1) is 0 Å². The van der Waals surface area contributed by atoms with E-state index in [1.165, 1.54) is 0 Å². The third kappa shape index (κ3) is 4.14. The minimum atomic E-state index is -0.349. The molecule has 5 heteroatoms. The van der Waals surface area contributed by atoms with E-state index in [0.29, 0.717) is 24.7 Å². The van der Waals surface area contributed by atoms with Crippen molar-refractivity contribution in [2.45, 2.75) is 46.2 Å². The molecule has 2 N–H and O–H groups in total. The highest BCUT2D eigenvalue weighted by atomic mass is 16.3. The molecule has 1 aromatic heterocycles. The first-order valence-corrected chi connectivity index (χ1v) is 6.30. The molecule has 5 nitrogen and oxygen atoms in total. The van der Waals surface area contributed by atoms with Gasteiger partial charge in [0.15, 0.2) is 5.82 Å². The minimum Gasteiger partial charge on any atom is -0.396 e. The monoisotopic (exact) mass is 253 g/mol. The summed E-state index contributed by atoms with van der Waals surface area (Å²) in [5.41, 5.74) is -0.463. The molecule has 18 heavy (non-hydrogen) atoms. The van der Waals surface area contributed by atoms with Crippen molar-refractivity contribution in [2.24, 2.45) is 5.92 Å². The maximum absolute atomic E-state index is 12.2. The van der Waals surface area contributed by atoms with Gasteiger partial charge in [-0.2, -0.15) is 0 Å². The number of aliphatic hydroxyl groups is 1. The van der Waals surface area contributed by atoms with Crippen LogP contribution in [0.2, 0.25) is 0 Å². The summed E-state index contributed by atoms with van der Waals surface area (Å²) < 4.78 is 1.66. The number of aliphatic hydroxyl groups excluding tert-OH is 1. The van der Waals surface area contributed by atoms with Gasteiger partial charge >= 0.3 is 0 Å². The van der Waals surface area contributed by atoms with E-state index in [1.807, 2.05) is 13.8 Å². The lowest BCUT2D eigenvalue weighted by molar-refractivity contribution is 0.260. The summed E-state index contributed by atoms with van der Waals surface area (Å²) in [4.78, 5) is 16.2. The van der Waals surface area contributed by atoms with Gasteiger partial charge in [0, 0.05) is 31.1 Å². The lowest BCUT2D eigenvalue weighted by atomic mass is 10.0. The number of nitrogens with one attached hydrogen (secondary N) is 1. The van der Waals surface area contributed by atoms with Gasteiger partial charge in [-0.3, -0.25) is 4.79 Å². The van der Waals surface area contributed by atoms with Gasteiger partial charge in [0.2, 0.25) is 0 Å². The second-order valence-corrected chi connectivity index (χ2v) is 5.61. The highest BCUT2D eigenvalue weighted by Gasteiger charge is 2.19. The van der Waals surface area contributed by atoms with E-state index in [4.69, 9.17) is 5.11 Å². The quantitative estimate of drug-likeness (QED) is 0.805. The zero-order valence-corrected chi connectivity index (χ0v) is 11.6. The van der Waals surface area contributed by atoms with E-state index in [9.17, 15) is 4.79 Å². The summed E-state index contributed by atoms with van der Waals surface area (Å²) in [5.74, 6) is 0.750. The first kappa shape index (κ1) is 14.7. The normalized spacial score (nSPS) is 11.9. The number of hydrogen-bond acceptors (Lipinski definition) is 4. The Bertz CT molecular complexity index is 438. The van der Waals surface area contributed by atoms with E-state index >= 15 is 0 Å². The molecule has 0 aliphatic carbocycles. The van der Waals surface area contributed by atoms with Crippen LogP contribution >= 0.6 is 0 Å². The second-order valence-electron chi connectivity index (χ2n) is 5.61. The van der Waals surface area contributed by atoms with Crippen molar-refractivity contribution in [3.05, 3.63) is 22.7 Å². The number of rotatable bonds is 6. The van der Waals surface area contributed by atoms with Crippen molar-refractivity contribution in [1.29, 1.82) is 0 Å². The molecule has 0 fully saturated rings. The Morgan fingerprint density at radius 3 is 2.72 bits per heavy atom. The molecule has 0 bridgehead atoms. The summed E-state index contributed by atoms with van der Waals surface area (Å²) in [6.07, 6.45) is 3.89.